The molecule has 1 amide bonds. The lowest BCUT2D eigenvalue weighted by molar-refractivity contribution is -0.113. The van der Waals surface area contributed by atoms with Crippen LogP contribution in [0, 0.1) is 0 Å². The second-order valence-electron chi connectivity index (χ2n) is 4.97. The number of amides is 1. The Balaban J connectivity index is 1.78. The van der Waals surface area contributed by atoms with Crippen molar-refractivity contribution in [3.63, 3.8) is 0 Å². The number of benzene rings is 2. The predicted octanol–water partition coefficient (Wildman–Crippen LogP) is 4.50. The van der Waals surface area contributed by atoms with Crippen molar-refractivity contribution >= 4 is 45.3 Å². The third-order valence-electron chi connectivity index (χ3n) is 3.07. The average molecular weight is 408 g/mol. The molecule has 0 aliphatic heterocycles. The summed E-state index contributed by atoms with van der Waals surface area (Å²) in [7, 11) is 0. The summed E-state index contributed by atoms with van der Waals surface area (Å²) in [4.78, 5) is 23.5. The Morgan fingerprint density at radius 2 is 1.92 bits per heavy atom. The van der Waals surface area contributed by atoms with Crippen LogP contribution in [0.1, 0.15) is 22.8 Å². The van der Waals surface area contributed by atoms with E-state index in [-0.39, 0.29) is 11.9 Å². The van der Waals surface area contributed by atoms with E-state index >= 15 is 0 Å². The maximum atomic E-state index is 12.0. The van der Waals surface area contributed by atoms with Gasteiger partial charge < -0.3 is 10.1 Å². The maximum Gasteiger partial charge on any atom is 0.338 e. The second-order valence-corrected chi connectivity index (χ2v) is 6.87. The summed E-state index contributed by atoms with van der Waals surface area (Å²) in [6.07, 6.45) is 0. The third-order valence-corrected chi connectivity index (χ3v) is 4.57. The van der Waals surface area contributed by atoms with Crippen LogP contribution in [0.3, 0.4) is 0 Å². The van der Waals surface area contributed by atoms with Gasteiger partial charge in [0.1, 0.15) is 0 Å². The molecule has 0 radical (unpaired) electrons. The van der Waals surface area contributed by atoms with Crippen LogP contribution in [0.2, 0.25) is 0 Å². The summed E-state index contributed by atoms with van der Waals surface area (Å²) in [5.74, 6) is 0.708. The first kappa shape index (κ1) is 18.5. The molecule has 6 heteroatoms. The molecule has 2 rings (SSSR count). The molecule has 0 bridgehead atoms. The van der Waals surface area contributed by atoms with Crippen LogP contribution in [0.15, 0.2) is 53.0 Å². The molecular formula is C18H18BrNO3S. The Hall–Kier alpha value is -1.79. The van der Waals surface area contributed by atoms with Crippen LogP contribution in [0.25, 0.3) is 0 Å². The van der Waals surface area contributed by atoms with Gasteiger partial charge in [-0.3, -0.25) is 4.79 Å². The molecule has 2 aromatic rings. The van der Waals surface area contributed by atoms with Crippen LogP contribution in [0.4, 0.5) is 5.69 Å². The normalized spacial score (nSPS) is 10.2. The monoisotopic (exact) mass is 407 g/mol. The van der Waals surface area contributed by atoms with Crippen molar-refractivity contribution < 1.29 is 14.3 Å². The van der Waals surface area contributed by atoms with Gasteiger partial charge in [0.15, 0.2) is 0 Å². The molecule has 0 unspecified atom stereocenters. The van der Waals surface area contributed by atoms with Crippen molar-refractivity contribution in [1.82, 2.24) is 0 Å². The number of esters is 1. The Kier molecular flexibility index (Phi) is 7.34. The van der Waals surface area contributed by atoms with Crippen LogP contribution in [-0.4, -0.2) is 24.2 Å². The van der Waals surface area contributed by atoms with Gasteiger partial charge in [-0.25, -0.2) is 4.79 Å². The summed E-state index contributed by atoms with van der Waals surface area (Å²) in [5.41, 5.74) is 2.30. The minimum Gasteiger partial charge on any atom is -0.462 e. The van der Waals surface area contributed by atoms with E-state index in [0.717, 1.165) is 10.2 Å². The van der Waals surface area contributed by atoms with E-state index < -0.39 is 0 Å². The van der Waals surface area contributed by atoms with Crippen LogP contribution in [-0.2, 0) is 15.3 Å². The number of hydrogen-bond donors (Lipinski definition) is 1. The van der Waals surface area contributed by atoms with Gasteiger partial charge in [-0.15, -0.1) is 11.8 Å². The highest BCUT2D eigenvalue weighted by molar-refractivity contribution is 9.10. The minimum absolute atomic E-state index is 0.0705. The number of anilines is 1. The number of rotatable bonds is 7. The van der Waals surface area contributed by atoms with Crippen LogP contribution in [0.5, 0.6) is 0 Å². The Labute approximate surface area is 154 Å². The highest BCUT2D eigenvalue weighted by Crippen LogP contribution is 2.17. The van der Waals surface area contributed by atoms with E-state index in [0.29, 0.717) is 23.6 Å². The van der Waals surface area contributed by atoms with Gasteiger partial charge in [0, 0.05) is 15.9 Å². The number of halogens is 1. The van der Waals surface area contributed by atoms with E-state index in [9.17, 15) is 9.59 Å². The van der Waals surface area contributed by atoms with Crippen LogP contribution < -0.4 is 5.32 Å². The molecule has 0 fully saturated rings. The predicted molar refractivity (Wildman–Crippen MR) is 101 cm³/mol. The highest BCUT2D eigenvalue weighted by Gasteiger charge is 2.07. The lowest BCUT2D eigenvalue weighted by Gasteiger charge is -2.07. The molecule has 126 valence electrons. The van der Waals surface area contributed by atoms with Gasteiger partial charge >= 0.3 is 5.97 Å². The summed E-state index contributed by atoms with van der Waals surface area (Å²) >= 11 is 4.98. The SMILES string of the molecule is CCOC(=O)c1ccc(NC(=O)CSCc2cccc(Br)c2)cc1. The zero-order valence-corrected chi connectivity index (χ0v) is 15.7. The Morgan fingerprint density at radius 3 is 2.58 bits per heavy atom. The van der Waals surface area contributed by atoms with Crippen molar-refractivity contribution in [2.75, 3.05) is 17.7 Å². The average Bonchev–Trinajstić information content (AvgIpc) is 2.56. The molecular weight excluding hydrogens is 390 g/mol. The smallest absolute Gasteiger partial charge is 0.338 e. The first-order valence-electron chi connectivity index (χ1n) is 7.47. The molecule has 0 atom stereocenters. The summed E-state index contributed by atoms with van der Waals surface area (Å²) in [5, 5.41) is 2.82. The van der Waals surface area contributed by atoms with Crippen molar-refractivity contribution in [3.8, 4) is 0 Å². The van der Waals surface area contributed by atoms with Crippen molar-refractivity contribution in [2.24, 2.45) is 0 Å². The maximum absolute atomic E-state index is 12.0. The molecule has 0 spiro atoms. The fourth-order valence-corrected chi connectivity index (χ4v) is 3.21. The topological polar surface area (TPSA) is 55.4 Å². The van der Waals surface area contributed by atoms with E-state index in [4.69, 9.17) is 4.74 Å². The largest absolute Gasteiger partial charge is 0.462 e. The quantitative estimate of drug-likeness (QED) is 0.686. The zero-order valence-electron chi connectivity index (χ0n) is 13.3. The van der Waals surface area contributed by atoms with E-state index in [1.807, 2.05) is 24.3 Å². The first-order valence-corrected chi connectivity index (χ1v) is 9.42. The molecule has 0 saturated carbocycles. The van der Waals surface area contributed by atoms with Gasteiger partial charge in [0.2, 0.25) is 5.91 Å². The van der Waals surface area contributed by atoms with E-state index in [1.54, 1.807) is 43.0 Å². The molecule has 0 heterocycles. The van der Waals surface area contributed by atoms with Crippen molar-refractivity contribution in [3.05, 3.63) is 64.1 Å². The summed E-state index contributed by atoms with van der Waals surface area (Å²) in [6, 6.07) is 14.7. The standard InChI is InChI=1S/C18H18BrNO3S/c1-2-23-18(22)14-6-8-16(9-7-14)20-17(21)12-24-11-13-4-3-5-15(19)10-13/h3-10H,2,11-12H2,1H3,(H,20,21). The Morgan fingerprint density at radius 1 is 1.17 bits per heavy atom. The molecule has 2 aromatic carbocycles. The molecule has 4 nitrogen and oxygen atoms in total. The number of ether oxygens (including phenoxy) is 1. The molecule has 24 heavy (non-hydrogen) atoms. The summed E-state index contributed by atoms with van der Waals surface area (Å²) in [6.45, 7) is 2.10. The number of hydrogen-bond acceptors (Lipinski definition) is 4. The number of carbonyl (C=O) groups excluding carboxylic acids is 2. The van der Waals surface area contributed by atoms with Gasteiger partial charge in [-0.2, -0.15) is 0 Å². The fraction of sp³-hybridized carbons (Fsp3) is 0.222. The second kappa shape index (κ2) is 9.49. The fourth-order valence-electron chi connectivity index (χ4n) is 1.99. The molecule has 0 aromatic heterocycles. The van der Waals surface area contributed by atoms with E-state index in [1.165, 1.54) is 5.56 Å². The first-order chi connectivity index (χ1) is 11.6. The highest BCUT2D eigenvalue weighted by atomic mass is 79.9. The minimum atomic E-state index is -0.361. The van der Waals surface area contributed by atoms with Crippen molar-refractivity contribution in [2.45, 2.75) is 12.7 Å². The van der Waals surface area contributed by atoms with Crippen molar-refractivity contribution in [1.29, 1.82) is 0 Å². The number of thioether (sulfide) groups is 1. The number of nitrogens with one attached hydrogen (secondary N) is 1. The van der Waals surface area contributed by atoms with Gasteiger partial charge in [-0.1, -0.05) is 28.1 Å². The third kappa shape index (κ3) is 6.02. The van der Waals surface area contributed by atoms with Gasteiger partial charge in [0.25, 0.3) is 0 Å². The van der Waals surface area contributed by atoms with Gasteiger partial charge in [-0.05, 0) is 48.9 Å². The van der Waals surface area contributed by atoms with Crippen LogP contribution >= 0.6 is 27.7 Å². The molecule has 0 saturated heterocycles. The molecule has 0 aliphatic rings. The lowest BCUT2D eigenvalue weighted by Crippen LogP contribution is -2.14. The zero-order chi connectivity index (χ0) is 17.4. The van der Waals surface area contributed by atoms with E-state index in [2.05, 4.69) is 21.2 Å². The lowest BCUT2D eigenvalue weighted by atomic mass is 10.2. The Bertz CT molecular complexity index is 704. The van der Waals surface area contributed by atoms with Gasteiger partial charge in [0.05, 0.1) is 17.9 Å². The summed E-state index contributed by atoms with van der Waals surface area (Å²) < 4.78 is 5.95. The molecule has 0 aliphatic carbocycles. The number of carbonyl (C=O) groups is 2. The molecule has 1 N–H and O–H groups in total.